The fourth-order valence-corrected chi connectivity index (χ4v) is 3.75. The summed E-state index contributed by atoms with van der Waals surface area (Å²) in [5.74, 6) is 1.18. The van der Waals surface area contributed by atoms with E-state index in [4.69, 9.17) is 5.73 Å². The molecule has 1 fully saturated rings. The van der Waals surface area contributed by atoms with Crippen LogP contribution in [0.1, 0.15) is 16.7 Å². The number of benzene rings is 2. The number of carbonyl (C=O) groups excluding carboxylic acids is 1. The number of nitrogens with one attached hydrogen (secondary N) is 2. The Labute approximate surface area is 193 Å². The number of aryl methyl sites for hydroxylation is 2. The van der Waals surface area contributed by atoms with Crippen LogP contribution in [-0.4, -0.2) is 35.3 Å². The number of carbonyl (C=O) groups is 1. The SMILES string of the molecule is Cc1cc(C)cc(CN=CC(=CN)Nc2ccnc(-c3ccc(N4CCNC4=O)cc3)n2)c1. The number of anilines is 2. The molecule has 2 heterocycles. The topological polar surface area (TPSA) is 109 Å². The Morgan fingerprint density at radius 2 is 1.94 bits per heavy atom. The quantitative estimate of drug-likeness (QED) is 0.484. The fraction of sp³-hybridized carbons (Fsp3) is 0.200. The molecule has 8 nitrogen and oxygen atoms in total. The number of aromatic nitrogens is 2. The summed E-state index contributed by atoms with van der Waals surface area (Å²) in [6.45, 7) is 6.04. The van der Waals surface area contributed by atoms with Crippen LogP contribution in [0.15, 0.2) is 71.6 Å². The first-order valence-corrected chi connectivity index (χ1v) is 10.8. The Balaban J connectivity index is 1.43. The second-order valence-corrected chi connectivity index (χ2v) is 7.91. The normalized spacial score (nSPS) is 14.1. The molecule has 4 rings (SSSR count). The van der Waals surface area contributed by atoms with Crippen molar-refractivity contribution >= 4 is 23.8 Å². The summed E-state index contributed by atoms with van der Waals surface area (Å²) in [5.41, 5.74) is 11.7. The number of urea groups is 1. The standard InChI is InChI=1S/C25H27N7O/c1-17-11-18(2)13-19(12-17)15-27-16-21(14-26)30-23-7-8-28-24(31-23)20-3-5-22(6-4-20)32-10-9-29-25(32)33/h3-8,11-14,16H,9-10,15,26H2,1-2H3,(H,29,33)(H,28,30,31). The molecule has 8 heteroatoms. The number of allylic oxidation sites excluding steroid dienone is 1. The molecule has 0 spiro atoms. The maximum Gasteiger partial charge on any atom is 0.321 e. The van der Waals surface area contributed by atoms with Gasteiger partial charge in [0.2, 0.25) is 0 Å². The van der Waals surface area contributed by atoms with Crippen LogP contribution < -0.4 is 21.3 Å². The molecule has 168 valence electrons. The van der Waals surface area contributed by atoms with E-state index in [-0.39, 0.29) is 6.03 Å². The second kappa shape index (κ2) is 9.95. The van der Waals surface area contributed by atoms with Crippen LogP contribution in [0.5, 0.6) is 0 Å². The molecule has 3 aromatic rings. The van der Waals surface area contributed by atoms with Crippen LogP contribution >= 0.6 is 0 Å². The van der Waals surface area contributed by atoms with Gasteiger partial charge < -0.3 is 16.4 Å². The molecule has 2 amide bonds. The minimum atomic E-state index is -0.0782. The van der Waals surface area contributed by atoms with Gasteiger partial charge >= 0.3 is 6.03 Å². The van der Waals surface area contributed by atoms with Gasteiger partial charge in [-0.25, -0.2) is 14.8 Å². The minimum absolute atomic E-state index is 0.0782. The number of nitrogens with zero attached hydrogens (tertiary/aromatic N) is 4. The van der Waals surface area contributed by atoms with Gasteiger partial charge in [0.25, 0.3) is 0 Å². The Morgan fingerprint density at radius 1 is 1.18 bits per heavy atom. The molecule has 0 saturated carbocycles. The van der Waals surface area contributed by atoms with Crippen molar-refractivity contribution in [2.24, 2.45) is 10.7 Å². The summed E-state index contributed by atoms with van der Waals surface area (Å²) < 4.78 is 0. The molecule has 1 aliphatic heterocycles. The third-order valence-corrected chi connectivity index (χ3v) is 5.19. The molecule has 4 N–H and O–H groups in total. The molecule has 1 saturated heterocycles. The number of amides is 2. The van der Waals surface area contributed by atoms with E-state index in [1.165, 1.54) is 17.3 Å². The highest BCUT2D eigenvalue weighted by atomic mass is 16.2. The minimum Gasteiger partial charge on any atom is -0.403 e. The van der Waals surface area contributed by atoms with Crippen molar-refractivity contribution in [3.05, 3.63) is 83.3 Å². The van der Waals surface area contributed by atoms with Gasteiger partial charge in [-0.1, -0.05) is 29.3 Å². The molecule has 0 bridgehead atoms. The Morgan fingerprint density at radius 3 is 2.61 bits per heavy atom. The fourth-order valence-electron chi connectivity index (χ4n) is 3.75. The predicted octanol–water partition coefficient (Wildman–Crippen LogP) is 3.77. The van der Waals surface area contributed by atoms with Crippen molar-refractivity contribution in [1.29, 1.82) is 0 Å². The van der Waals surface area contributed by atoms with E-state index in [1.54, 1.807) is 23.4 Å². The van der Waals surface area contributed by atoms with Crippen molar-refractivity contribution in [1.82, 2.24) is 15.3 Å². The van der Waals surface area contributed by atoms with Gasteiger partial charge in [-0.3, -0.25) is 9.89 Å². The molecular weight excluding hydrogens is 414 g/mol. The van der Waals surface area contributed by atoms with Gasteiger partial charge in [0, 0.05) is 43.0 Å². The van der Waals surface area contributed by atoms with E-state index in [0.717, 1.165) is 16.8 Å². The van der Waals surface area contributed by atoms with Gasteiger partial charge in [0.15, 0.2) is 5.82 Å². The Kier molecular flexibility index (Phi) is 6.64. The molecule has 2 aromatic carbocycles. The van der Waals surface area contributed by atoms with Crippen molar-refractivity contribution < 1.29 is 4.79 Å². The van der Waals surface area contributed by atoms with Crippen LogP contribution in [0.25, 0.3) is 11.4 Å². The zero-order valence-electron chi connectivity index (χ0n) is 18.7. The maximum absolute atomic E-state index is 11.8. The zero-order chi connectivity index (χ0) is 23.2. The molecule has 0 atom stereocenters. The molecule has 0 aliphatic carbocycles. The summed E-state index contributed by atoms with van der Waals surface area (Å²) in [7, 11) is 0. The van der Waals surface area contributed by atoms with E-state index in [2.05, 4.69) is 57.6 Å². The summed E-state index contributed by atoms with van der Waals surface area (Å²) >= 11 is 0. The zero-order valence-corrected chi connectivity index (χ0v) is 18.7. The molecule has 1 aliphatic rings. The highest BCUT2D eigenvalue weighted by molar-refractivity contribution is 5.94. The highest BCUT2D eigenvalue weighted by Crippen LogP contribution is 2.22. The third-order valence-electron chi connectivity index (χ3n) is 5.19. The molecular formula is C25H27N7O. The first-order valence-electron chi connectivity index (χ1n) is 10.8. The second-order valence-electron chi connectivity index (χ2n) is 7.91. The number of rotatable bonds is 7. The maximum atomic E-state index is 11.8. The number of nitrogens with two attached hydrogens (primary N) is 1. The molecule has 33 heavy (non-hydrogen) atoms. The van der Waals surface area contributed by atoms with Crippen LogP contribution in [-0.2, 0) is 6.54 Å². The lowest BCUT2D eigenvalue weighted by atomic mass is 10.1. The van der Waals surface area contributed by atoms with Crippen LogP contribution in [0.4, 0.5) is 16.3 Å². The van der Waals surface area contributed by atoms with Crippen molar-refractivity contribution in [3.8, 4) is 11.4 Å². The average Bonchev–Trinajstić information content (AvgIpc) is 3.24. The van der Waals surface area contributed by atoms with Crippen molar-refractivity contribution in [3.63, 3.8) is 0 Å². The first-order chi connectivity index (χ1) is 16.0. The monoisotopic (exact) mass is 441 g/mol. The number of hydrogen-bond donors (Lipinski definition) is 3. The Bertz CT molecular complexity index is 1180. The predicted molar refractivity (Wildman–Crippen MR) is 132 cm³/mol. The van der Waals surface area contributed by atoms with E-state index in [9.17, 15) is 4.79 Å². The third kappa shape index (κ3) is 5.54. The summed E-state index contributed by atoms with van der Waals surface area (Å²) in [5, 5.41) is 5.99. The average molecular weight is 442 g/mol. The van der Waals surface area contributed by atoms with Gasteiger partial charge in [0.1, 0.15) is 5.82 Å². The van der Waals surface area contributed by atoms with E-state index >= 15 is 0 Å². The first kappa shape index (κ1) is 22.0. The van der Waals surface area contributed by atoms with Gasteiger partial charge in [-0.05, 0) is 49.7 Å². The summed E-state index contributed by atoms with van der Waals surface area (Å²) in [4.78, 5) is 27.0. The lowest BCUT2D eigenvalue weighted by molar-refractivity contribution is 0.252. The van der Waals surface area contributed by atoms with Gasteiger partial charge in [-0.2, -0.15) is 0 Å². The van der Waals surface area contributed by atoms with E-state index in [0.29, 0.717) is 37.0 Å². The number of hydrogen-bond acceptors (Lipinski definition) is 6. The van der Waals surface area contributed by atoms with E-state index < -0.39 is 0 Å². The smallest absolute Gasteiger partial charge is 0.321 e. The Hall–Kier alpha value is -4.20. The number of aliphatic imine (C=N–C) groups is 1. The molecule has 0 unspecified atom stereocenters. The highest BCUT2D eigenvalue weighted by Gasteiger charge is 2.20. The van der Waals surface area contributed by atoms with Crippen LogP contribution in [0.3, 0.4) is 0 Å². The van der Waals surface area contributed by atoms with E-state index in [1.807, 2.05) is 24.3 Å². The lowest BCUT2D eigenvalue weighted by Gasteiger charge is -2.14. The van der Waals surface area contributed by atoms with Crippen molar-refractivity contribution in [2.45, 2.75) is 20.4 Å². The lowest BCUT2D eigenvalue weighted by Crippen LogP contribution is -2.27. The van der Waals surface area contributed by atoms with Crippen LogP contribution in [0, 0.1) is 13.8 Å². The van der Waals surface area contributed by atoms with Crippen molar-refractivity contribution in [2.75, 3.05) is 23.3 Å². The summed E-state index contributed by atoms with van der Waals surface area (Å²) in [6, 6.07) is 15.7. The largest absolute Gasteiger partial charge is 0.403 e. The summed E-state index contributed by atoms with van der Waals surface area (Å²) in [6.07, 6.45) is 4.85. The molecule has 1 aromatic heterocycles. The molecule has 0 radical (unpaired) electrons. The van der Waals surface area contributed by atoms with Crippen LogP contribution in [0.2, 0.25) is 0 Å². The van der Waals surface area contributed by atoms with Gasteiger partial charge in [0.05, 0.1) is 12.2 Å². The van der Waals surface area contributed by atoms with Gasteiger partial charge in [-0.15, -0.1) is 0 Å².